The lowest BCUT2D eigenvalue weighted by Gasteiger charge is -2.26. The summed E-state index contributed by atoms with van der Waals surface area (Å²) in [6.07, 6.45) is 9.29. The monoisotopic (exact) mass is 591 g/mol. The number of pyridine rings is 3. The van der Waals surface area contributed by atoms with Gasteiger partial charge in [0, 0.05) is 48.9 Å². The quantitative estimate of drug-likeness (QED) is 0.221. The van der Waals surface area contributed by atoms with Gasteiger partial charge in [0.15, 0.2) is 11.5 Å². The number of likely N-dealkylation sites (tertiary alicyclic amines) is 1. The van der Waals surface area contributed by atoms with Gasteiger partial charge < -0.3 is 14.6 Å². The van der Waals surface area contributed by atoms with Crippen molar-refractivity contribution < 1.29 is 9.13 Å². The van der Waals surface area contributed by atoms with Crippen molar-refractivity contribution in [3.63, 3.8) is 0 Å². The first-order valence-electron chi connectivity index (χ1n) is 15.0. The van der Waals surface area contributed by atoms with Crippen LogP contribution in [0.2, 0.25) is 0 Å². The summed E-state index contributed by atoms with van der Waals surface area (Å²) in [5.74, 6) is 0.586. The average molecular weight is 592 g/mol. The summed E-state index contributed by atoms with van der Waals surface area (Å²) < 4.78 is 20.5. The second kappa shape index (κ2) is 12.1. The Kier molecular flexibility index (Phi) is 7.71. The zero-order valence-electron chi connectivity index (χ0n) is 24.8. The van der Waals surface area contributed by atoms with E-state index in [0.29, 0.717) is 46.2 Å². The van der Waals surface area contributed by atoms with E-state index in [2.05, 4.69) is 36.1 Å². The van der Waals surface area contributed by atoms with Gasteiger partial charge in [-0.15, -0.1) is 0 Å². The predicted molar refractivity (Wildman–Crippen MR) is 169 cm³/mol. The van der Waals surface area contributed by atoms with Crippen LogP contribution in [0.3, 0.4) is 0 Å². The lowest BCUT2D eigenvalue weighted by atomic mass is 10.1. The Labute approximate surface area is 254 Å². The van der Waals surface area contributed by atoms with E-state index in [1.165, 1.54) is 37.0 Å². The number of fused-ring (bicyclic) bond motifs is 2. The molecule has 2 N–H and O–H groups in total. The van der Waals surface area contributed by atoms with E-state index in [0.717, 1.165) is 48.5 Å². The summed E-state index contributed by atoms with van der Waals surface area (Å²) in [6, 6.07) is 12.6. The molecule has 1 aliphatic rings. The Morgan fingerprint density at radius 1 is 0.909 bits per heavy atom. The summed E-state index contributed by atoms with van der Waals surface area (Å²) in [6.45, 7) is 4.32. The summed E-state index contributed by atoms with van der Waals surface area (Å²) >= 11 is 0. The molecule has 1 aromatic carbocycles. The first-order valence-corrected chi connectivity index (χ1v) is 15.0. The number of hydrogen-bond donors (Lipinski definition) is 2. The first kappa shape index (κ1) is 28.1. The molecule has 1 aliphatic heterocycles. The van der Waals surface area contributed by atoms with E-state index < -0.39 is 5.82 Å². The van der Waals surface area contributed by atoms with Crippen molar-refractivity contribution in [1.82, 2.24) is 44.9 Å². The highest BCUT2D eigenvalue weighted by Crippen LogP contribution is 2.32. The summed E-state index contributed by atoms with van der Waals surface area (Å²) in [7, 11) is 3.93. The van der Waals surface area contributed by atoms with Crippen molar-refractivity contribution in [1.29, 1.82) is 0 Å². The van der Waals surface area contributed by atoms with Crippen LogP contribution in [0.15, 0.2) is 61.1 Å². The van der Waals surface area contributed by atoms with E-state index in [1.807, 2.05) is 49.6 Å². The van der Waals surface area contributed by atoms with Gasteiger partial charge in [-0.3, -0.25) is 20.0 Å². The lowest BCUT2D eigenvalue weighted by Crippen LogP contribution is -2.29. The topological polar surface area (TPSA) is 112 Å². The molecule has 44 heavy (non-hydrogen) atoms. The number of nitrogens with zero attached hydrogens (tertiary/aromatic N) is 7. The van der Waals surface area contributed by atoms with Gasteiger partial charge in [0.05, 0.1) is 22.4 Å². The van der Waals surface area contributed by atoms with Gasteiger partial charge in [0.2, 0.25) is 0 Å². The van der Waals surface area contributed by atoms with Crippen molar-refractivity contribution >= 4 is 22.1 Å². The highest BCUT2D eigenvalue weighted by Gasteiger charge is 2.19. The number of piperidine rings is 1. The molecule has 7 rings (SSSR count). The first-order chi connectivity index (χ1) is 21.5. The van der Waals surface area contributed by atoms with E-state index in [9.17, 15) is 4.39 Å². The molecule has 1 fully saturated rings. The molecule has 0 bridgehead atoms. The third kappa shape index (κ3) is 5.88. The van der Waals surface area contributed by atoms with Crippen molar-refractivity contribution in [3.05, 3.63) is 72.4 Å². The van der Waals surface area contributed by atoms with E-state index in [-0.39, 0.29) is 0 Å². The molecule has 0 saturated carbocycles. The third-order valence-corrected chi connectivity index (χ3v) is 7.93. The Bertz CT molecular complexity index is 1930. The Balaban J connectivity index is 1.21. The normalized spacial score (nSPS) is 14.2. The molecule has 6 heterocycles. The van der Waals surface area contributed by atoms with Crippen LogP contribution in [-0.2, 0) is 6.54 Å². The van der Waals surface area contributed by atoms with Crippen LogP contribution < -0.4 is 4.74 Å². The molecule has 0 atom stereocenters. The minimum Gasteiger partial charge on any atom is -0.492 e. The molecule has 1 saturated heterocycles. The van der Waals surface area contributed by atoms with Crippen LogP contribution in [-0.4, -0.2) is 85.3 Å². The Morgan fingerprint density at radius 3 is 2.64 bits per heavy atom. The van der Waals surface area contributed by atoms with Crippen LogP contribution in [0.1, 0.15) is 24.8 Å². The number of rotatable bonds is 9. The molecule has 0 radical (unpaired) electrons. The lowest BCUT2D eigenvalue weighted by molar-refractivity contribution is 0.220. The maximum atomic E-state index is 14.6. The van der Waals surface area contributed by atoms with Crippen LogP contribution in [0.5, 0.6) is 5.75 Å². The number of nitrogens with one attached hydrogen (secondary N) is 2. The second-order valence-electron chi connectivity index (χ2n) is 11.6. The molecular formula is C33H34FN9O. The van der Waals surface area contributed by atoms with Crippen LogP contribution in [0.25, 0.3) is 56.1 Å². The van der Waals surface area contributed by atoms with Gasteiger partial charge >= 0.3 is 0 Å². The summed E-state index contributed by atoms with van der Waals surface area (Å²) in [5, 5.41) is 7.65. The van der Waals surface area contributed by atoms with Crippen molar-refractivity contribution in [3.8, 4) is 39.8 Å². The Morgan fingerprint density at radius 2 is 1.77 bits per heavy atom. The molecule has 11 heteroatoms. The maximum Gasteiger partial charge on any atom is 0.161 e. The second-order valence-corrected chi connectivity index (χ2v) is 11.6. The summed E-state index contributed by atoms with van der Waals surface area (Å²) in [4.78, 5) is 26.8. The number of imidazole rings is 1. The minimum absolute atomic E-state index is 0.401. The molecule has 0 amide bonds. The molecule has 0 spiro atoms. The highest BCUT2D eigenvalue weighted by molar-refractivity contribution is 5.95. The van der Waals surface area contributed by atoms with Crippen LogP contribution in [0.4, 0.5) is 4.39 Å². The number of aromatic nitrogens is 7. The van der Waals surface area contributed by atoms with Gasteiger partial charge in [0.25, 0.3) is 0 Å². The minimum atomic E-state index is -0.401. The number of hydrogen-bond acceptors (Lipinski definition) is 8. The van der Waals surface area contributed by atoms with Gasteiger partial charge in [-0.1, -0.05) is 6.42 Å². The number of H-pyrrole nitrogens is 2. The van der Waals surface area contributed by atoms with Crippen LogP contribution >= 0.6 is 0 Å². The number of halogens is 1. The van der Waals surface area contributed by atoms with Gasteiger partial charge in [-0.25, -0.2) is 14.4 Å². The predicted octanol–water partition coefficient (Wildman–Crippen LogP) is 5.69. The van der Waals surface area contributed by atoms with Crippen molar-refractivity contribution in [2.24, 2.45) is 0 Å². The standard InChI is InChI=1S/C33H34FN9O/c1-42(2)12-13-44-25-16-22(15-24(34)17-25)29-30-27(8-9-36-29)38-33(39-30)32-31-28(40-41-32)7-6-26(37-31)23-14-21(18-35-19-23)20-43-10-4-3-5-11-43/h6-9,14-19H,3-5,10-13,20H2,1-2H3,(H,38,39)(H,40,41). The molecule has 5 aromatic heterocycles. The molecular weight excluding hydrogens is 557 g/mol. The smallest absolute Gasteiger partial charge is 0.161 e. The van der Waals surface area contributed by atoms with Gasteiger partial charge in [-0.2, -0.15) is 5.10 Å². The third-order valence-electron chi connectivity index (χ3n) is 7.93. The van der Waals surface area contributed by atoms with Gasteiger partial charge in [0.1, 0.15) is 29.2 Å². The molecule has 224 valence electrons. The van der Waals surface area contributed by atoms with Crippen molar-refractivity contribution in [2.45, 2.75) is 25.8 Å². The average Bonchev–Trinajstić information content (AvgIpc) is 3.65. The highest BCUT2D eigenvalue weighted by atomic mass is 19.1. The van der Waals surface area contributed by atoms with Crippen molar-refractivity contribution in [2.75, 3.05) is 40.3 Å². The number of benzene rings is 1. The number of aromatic amines is 2. The molecule has 0 aliphatic carbocycles. The largest absolute Gasteiger partial charge is 0.492 e. The van der Waals surface area contributed by atoms with E-state index in [1.54, 1.807) is 12.3 Å². The molecule has 0 unspecified atom stereocenters. The fourth-order valence-corrected chi connectivity index (χ4v) is 5.70. The summed E-state index contributed by atoms with van der Waals surface area (Å²) in [5.41, 5.74) is 7.52. The SMILES string of the molecule is CN(C)CCOc1cc(F)cc(-c2nccc3[nH]c(-c4n[nH]c5ccc(-c6cncc(CN7CCCCC7)c6)nc45)nc23)c1. The maximum absolute atomic E-state index is 14.6. The van der Waals surface area contributed by atoms with Crippen LogP contribution in [0, 0.1) is 5.82 Å². The van der Waals surface area contributed by atoms with E-state index >= 15 is 0 Å². The Hall–Kier alpha value is -4.74. The zero-order chi connectivity index (χ0) is 30.0. The molecule has 10 nitrogen and oxygen atoms in total. The zero-order valence-corrected chi connectivity index (χ0v) is 24.8. The fraction of sp³-hybridized carbons (Fsp3) is 0.303. The van der Waals surface area contributed by atoms with Gasteiger partial charge in [-0.05, 0) is 82.0 Å². The number of likely N-dealkylation sites (N-methyl/N-ethyl adjacent to an activating group) is 1. The fourth-order valence-electron chi connectivity index (χ4n) is 5.70. The number of ether oxygens (including phenoxy) is 1. The van der Waals surface area contributed by atoms with E-state index in [4.69, 9.17) is 14.7 Å². The molecule has 6 aromatic rings.